The van der Waals surface area contributed by atoms with Crippen LogP contribution in [0, 0.1) is 5.92 Å². The zero-order valence-corrected chi connectivity index (χ0v) is 16.1. The number of hydrogen-bond acceptors (Lipinski definition) is 3. The summed E-state index contributed by atoms with van der Waals surface area (Å²) in [6.45, 7) is 0.423. The summed E-state index contributed by atoms with van der Waals surface area (Å²) in [5, 5.41) is 11.9. The fourth-order valence-corrected chi connectivity index (χ4v) is 3.87. The van der Waals surface area contributed by atoms with Crippen LogP contribution >= 0.6 is 11.6 Å². The molecule has 0 spiro atoms. The summed E-state index contributed by atoms with van der Waals surface area (Å²) < 4.78 is 1.64. The number of nitrogens with one attached hydrogen (secondary N) is 1. The van der Waals surface area contributed by atoms with Gasteiger partial charge in [0.25, 0.3) is 0 Å². The Hall–Kier alpha value is -2.08. The van der Waals surface area contributed by atoms with Crippen LogP contribution in [-0.4, -0.2) is 33.0 Å². The van der Waals surface area contributed by atoms with Gasteiger partial charge in [0.2, 0.25) is 0 Å². The number of hydrogen-bond donors (Lipinski definition) is 1. The first kappa shape index (κ1) is 18.7. The number of nitrogens with zero attached hydrogens (tertiary/aromatic N) is 4. The summed E-state index contributed by atoms with van der Waals surface area (Å²) in [6, 6.07) is 7.70. The Labute approximate surface area is 159 Å². The first-order chi connectivity index (χ1) is 12.5. The molecule has 1 aromatic heterocycles. The average molecular weight is 376 g/mol. The summed E-state index contributed by atoms with van der Waals surface area (Å²) in [4.78, 5) is 14.4. The van der Waals surface area contributed by atoms with E-state index in [9.17, 15) is 4.79 Å². The van der Waals surface area contributed by atoms with Crippen molar-refractivity contribution in [3.63, 3.8) is 0 Å². The van der Waals surface area contributed by atoms with Crippen LogP contribution in [0.3, 0.4) is 0 Å². The van der Waals surface area contributed by atoms with Gasteiger partial charge in [-0.05, 0) is 36.5 Å². The molecule has 140 valence electrons. The monoisotopic (exact) mass is 375 g/mol. The number of halogens is 1. The van der Waals surface area contributed by atoms with Crippen molar-refractivity contribution in [2.75, 3.05) is 7.05 Å². The maximum absolute atomic E-state index is 12.8. The quantitative estimate of drug-likeness (QED) is 0.861. The lowest BCUT2D eigenvalue weighted by molar-refractivity contribution is 0.190. The Morgan fingerprint density at radius 1 is 1.38 bits per heavy atom. The van der Waals surface area contributed by atoms with Crippen molar-refractivity contribution in [1.29, 1.82) is 0 Å². The van der Waals surface area contributed by atoms with E-state index in [0.717, 1.165) is 24.1 Å². The zero-order valence-electron chi connectivity index (χ0n) is 15.4. The van der Waals surface area contributed by atoms with E-state index in [2.05, 4.69) is 15.6 Å². The number of aromatic nitrogens is 3. The fourth-order valence-electron chi connectivity index (χ4n) is 3.67. The number of rotatable bonds is 5. The molecule has 1 aliphatic carbocycles. The Balaban J connectivity index is 1.72. The van der Waals surface area contributed by atoms with Crippen LogP contribution in [0.5, 0.6) is 0 Å². The molecule has 2 amide bonds. The van der Waals surface area contributed by atoms with Gasteiger partial charge in [-0.3, -0.25) is 4.68 Å². The van der Waals surface area contributed by atoms with E-state index in [-0.39, 0.29) is 12.1 Å². The molecule has 0 saturated heterocycles. The molecule has 0 radical (unpaired) electrons. The Morgan fingerprint density at radius 3 is 2.81 bits per heavy atom. The van der Waals surface area contributed by atoms with E-state index in [1.54, 1.807) is 16.6 Å². The fraction of sp³-hybridized carbons (Fsp3) is 0.526. The maximum Gasteiger partial charge on any atom is 0.317 e. The maximum atomic E-state index is 12.8. The third-order valence-corrected chi connectivity index (χ3v) is 5.24. The topological polar surface area (TPSA) is 63.1 Å². The minimum absolute atomic E-state index is 0.0224. The molecule has 1 N–H and O–H groups in total. The van der Waals surface area contributed by atoms with Crippen LogP contribution in [-0.2, 0) is 13.6 Å². The molecule has 26 heavy (non-hydrogen) atoms. The minimum Gasteiger partial charge on any atom is -0.331 e. The first-order valence-corrected chi connectivity index (χ1v) is 9.53. The Kier molecular flexibility index (Phi) is 6.14. The number of carbonyl (C=O) groups excluding carboxylic acids is 1. The number of carbonyl (C=O) groups is 1. The van der Waals surface area contributed by atoms with Gasteiger partial charge >= 0.3 is 6.03 Å². The molecule has 7 heteroatoms. The average Bonchev–Trinajstić information content (AvgIpc) is 3.05. The predicted molar refractivity (Wildman–Crippen MR) is 102 cm³/mol. The van der Waals surface area contributed by atoms with Gasteiger partial charge in [0.1, 0.15) is 5.69 Å². The van der Waals surface area contributed by atoms with E-state index in [1.165, 1.54) is 19.3 Å². The van der Waals surface area contributed by atoms with Crippen molar-refractivity contribution in [3.8, 4) is 0 Å². The van der Waals surface area contributed by atoms with Gasteiger partial charge < -0.3 is 10.2 Å². The standard InChI is InChI=1S/C19H26ClN5O/c1-24(12-17-13-25(2)23-22-17)19(26)21-18(14-7-4-3-5-8-14)15-9-6-10-16(20)11-15/h6,9-11,13-14,18H,3-5,7-8,12H2,1-2H3,(H,21,26). The highest BCUT2D eigenvalue weighted by Gasteiger charge is 2.27. The van der Waals surface area contributed by atoms with Crippen molar-refractivity contribution >= 4 is 17.6 Å². The van der Waals surface area contributed by atoms with Crippen LogP contribution in [0.15, 0.2) is 30.5 Å². The number of urea groups is 1. The second kappa shape index (κ2) is 8.54. The molecule has 1 fully saturated rings. The van der Waals surface area contributed by atoms with Crippen molar-refractivity contribution in [2.45, 2.75) is 44.7 Å². The van der Waals surface area contributed by atoms with E-state index in [1.807, 2.05) is 37.5 Å². The van der Waals surface area contributed by atoms with E-state index >= 15 is 0 Å². The third-order valence-electron chi connectivity index (χ3n) is 5.00. The highest BCUT2D eigenvalue weighted by atomic mass is 35.5. The first-order valence-electron chi connectivity index (χ1n) is 9.15. The van der Waals surface area contributed by atoms with Crippen LogP contribution in [0.1, 0.15) is 49.4 Å². The van der Waals surface area contributed by atoms with Crippen molar-refractivity contribution in [1.82, 2.24) is 25.2 Å². The second-order valence-corrected chi connectivity index (χ2v) is 7.56. The normalized spacial score (nSPS) is 16.3. The van der Waals surface area contributed by atoms with Crippen LogP contribution < -0.4 is 5.32 Å². The second-order valence-electron chi connectivity index (χ2n) is 7.12. The van der Waals surface area contributed by atoms with Crippen LogP contribution in [0.2, 0.25) is 5.02 Å². The van der Waals surface area contributed by atoms with E-state index in [0.29, 0.717) is 17.5 Å². The molecule has 1 saturated carbocycles. The molecule has 1 aliphatic rings. The van der Waals surface area contributed by atoms with Gasteiger partial charge in [0, 0.05) is 25.3 Å². The lowest BCUT2D eigenvalue weighted by atomic mass is 9.81. The molecule has 2 aromatic rings. The highest BCUT2D eigenvalue weighted by molar-refractivity contribution is 6.30. The van der Waals surface area contributed by atoms with E-state index < -0.39 is 0 Å². The lowest BCUT2D eigenvalue weighted by Gasteiger charge is -2.32. The molecule has 0 bridgehead atoms. The van der Waals surface area contributed by atoms with Gasteiger partial charge in [-0.15, -0.1) is 5.10 Å². The highest BCUT2D eigenvalue weighted by Crippen LogP contribution is 2.35. The molecule has 3 rings (SSSR count). The van der Waals surface area contributed by atoms with Crippen molar-refractivity contribution in [3.05, 3.63) is 46.7 Å². The van der Waals surface area contributed by atoms with Crippen LogP contribution in [0.25, 0.3) is 0 Å². The third kappa shape index (κ3) is 4.75. The molecule has 1 aromatic carbocycles. The van der Waals surface area contributed by atoms with Crippen LogP contribution in [0.4, 0.5) is 4.79 Å². The molecular formula is C19H26ClN5O. The smallest absolute Gasteiger partial charge is 0.317 e. The van der Waals surface area contributed by atoms with Gasteiger partial charge in [-0.25, -0.2) is 4.79 Å². The summed E-state index contributed by atoms with van der Waals surface area (Å²) in [5.41, 5.74) is 1.84. The molecule has 1 unspecified atom stereocenters. The lowest BCUT2D eigenvalue weighted by Crippen LogP contribution is -2.41. The molecule has 1 heterocycles. The van der Waals surface area contributed by atoms with E-state index in [4.69, 9.17) is 11.6 Å². The number of amides is 2. The zero-order chi connectivity index (χ0) is 18.5. The SMILES string of the molecule is CN(Cc1cn(C)nn1)C(=O)NC(c1cccc(Cl)c1)C1CCCCC1. The van der Waals surface area contributed by atoms with Gasteiger partial charge in [-0.2, -0.15) is 0 Å². The number of benzene rings is 1. The van der Waals surface area contributed by atoms with Gasteiger partial charge in [0.05, 0.1) is 12.6 Å². The predicted octanol–water partition coefficient (Wildman–Crippen LogP) is 3.93. The largest absolute Gasteiger partial charge is 0.331 e. The van der Waals surface area contributed by atoms with Crippen molar-refractivity contribution in [2.24, 2.45) is 13.0 Å². The van der Waals surface area contributed by atoms with Gasteiger partial charge in [-0.1, -0.05) is 48.2 Å². The molecular weight excluding hydrogens is 350 g/mol. The summed E-state index contributed by atoms with van der Waals surface area (Å²) in [5.74, 6) is 0.441. The molecule has 1 atom stereocenters. The summed E-state index contributed by atoms with van der Waals surface area (Å²) in [6.07, 6.45) is 7.79. The summed E-state index contributed by atoms with van der Waals surface area (Å²) in [7, 11) is 3.59. The molecule has 6 nitrogen and oxygen atoms in total. The van der Waals surface area contributed by atoms with Gasteiger partial charge in [0.15, 0.2) is 0 Å². The molecule has 0 aliphatic heterocycles. The van der Waals surface area contributed by atoms with Crippen molar-refractivity contribution < 1.29 is 4.79 Å². The minimum atomic E-state index is -0.105. The summed E-state index contributed by atoms with van der Waals surface area (Å²) >= 11 is 6.20. The number of aryl methyl sites for hydroxylation is 1. The Bertz CT molecular complexity index is 741. The Morgan fingerprint density at radius 2 is 2.15 bits per heavy atom.